The largest absolute Gasteiger partial charge is 0.379 e. The number of aromatic nitrogens is 2. The van der Waals surface area contributed by atoms with Gasteiger partial charge in [0.25, 0.3) is 0 Å². The molecule has 0 aliphatic heterocycles. The first-order chi connectivity index (χ1) is 10.2. The maximum absolute atomic E-state index is 5.71. The van der Waals surface area contributed by atoms with Crippen molar-refractivity contribution >= 4 is 0 Å². The van der Waals surface area contributed by atoms with E-state index in [1.165, 1.54) is 29.8 Å². The van der Waals surface area contributed by atoms with Gasteiger partial charge in [-0.2, -0.15) is 5.10 Å². The topological polar surface area (TPSA) is 39.1 Å². The monoisotopic (exact) mass is 293 g/mol. The molecular weight excluding hydrogens is 262 g/mol. The minimum atomic E-state index is 0.595. The number of nitrogens with one attached hydrogen (secondary N) is 1. The van der Waals surface area contributed by atoms with Crippen LogP contribution in [0.5, 0.6) is 0 Å². The van der Waals surface area contributed by atoms with Gasteiger partial charge in [0.1, 0.15) is 0 Å². The van der Waals surface area contributed by atoms with Crippen LogP contribution in [-0.4, -0.2) is 29.0 Å². The van der Waals surface area contributed by atoms with Crippen LogP contribution in [0.4, 0.5) is 0 Å². The fourth-order valence-corrected chi connectivity index (χ4v) is 2.66. The summed E-state index contributed by atoms with van der Waals surface area (Å²) in [5.41, 5.74) is 4.06. The fourth-order valence-electron chi connectivity index (χ4n) is 2.66. The van der Waals surface area contributed by atoms with Crippen LogP contribution in [0, 0.1) is 5.92 Å². The summed E-state index contributed by atoms with van der Waals surface area (Å²) in [5.74, 6) is 0.595. The number of nitrogens with zero attached hydrogens (tertiary/aromatic N) is 2. The number of ether oxygens (including phenoxy) is 1. The Kier molecular flexibility index (Phi) is 6.24. The zero-order chi connectivity index (χ0) is 15.2. The van der Waals surface area contributed by atoms with Gasteiger partial charge < -0.3 is 10.1 Å². The van der Waals surface area contributed by atoms with Crippen molar-refractivity contribution in [3.05, 3.63) is 17.0 Å². The van der Waals surface area contributed by atoms with Crippen LogP contribution in [0.15, 0.2) is 0 Å². The van der Waals surface area contributed by atoms with Crippen molar-refractivity contribution in [3.8, 4) is 0 Å². The quantitative estimate of drug-likeness (QED) is 0.674. The van der Waals surface area contributed by atoms with Gasteiger partial charge in [0.2, 0.25) is 0 Å². The van der Waals surface area contributed by atoms with Gasteiger partial charge in [-0.1, -0.05) is 27.7 Å². The Labute approximate surface area is 129 Å². The summed E-state index contributed by atoms with van der Waals surface area (Å²) in [6.45, 7) is 12.2. The summed E-state index contributed by atoms with van der Waals surface area (Å²) in [6.07, 6.45) is 4.72. The van der Waals surface area contributed by atoms with Crippen molar-refractivity contribution in [3.63, 3.8) is 0 Å². The molecule has 4 heteroatoms. The summed E-state index contributed by atoms with van der Waals surface area (Å²) in [5, 5.41) is 8.44. The van der Waals surface area contributed by atoms with Crippen LogP contribution in [0.1, 0.15) is 57.5 Å². The predicted octanol–water partition coefficient (Wildman–Crippen LogP) is 2.93. The molecule has 0 bridgehead atoms. The Bertz CT molecular complexity index is 435. The van der Waals surface area contributed by atoms with E-state index in [1.807, 2.05) is 0 Å². The first-order valence-electron chi connectivity index (χ1n) is 8.54. The zero-order valence-electron chi connectivity index (χ0n) is 14.1. The van der Waals surface area contributed by atoms with Crippen molar-refractivity contribution < 1.29 is 4.74 Å². The van der Waals surface area contributed by atoms with Crippen molar-refractivity contribution in [2.75, 3.05) is 13.2 Å². The molecule has 0 atom stereocenters. The Morgan fingerprint density at radius 1 is 1.29 bits per heavy atom. The second-order valence-electron chi connectivity index (χ2n) is 6.43. The molecule has 1 aromatic rings. The van der Waals surface area contributed by atoms with Crippen LogP contribution in [0.2, 0.25) is 0 Å². The Balaban J connectivity index is 1.98. The molecule has 0 amide bonds. The third-order valence-corrected chi connectivity index (χ3v) is 3.96. The van der Waals surface area contributed by atoms with Gasteiger partial charge >= 0.3 is 0 Å². The summed E-state index contributed by atoms with van der Waals surface area (Å²) < 4.78 is 7.88. The molecule has 0 radical (unpaired) electrons. The van der Waals surface area contributed by atoms with Crippen molar-refractivity contribution in [2.45, 2.75) is 72.5 Å². The average molecular weight is 293 g/mol. The summed E-state index contributed by atoms with van der Waals surface area (Å²) in [6, 6.07) is 0.747. The van der Waals surface area contributed by atoms with E-state index in [2.05, 4.69) is 37.7 Å². The highest BCUT2D eigenvalue weighted by atomic mass is 16.5. The van der Waals surface area contributed by atoms with E-state index in [0.29, 0.717) is 5.92 Å². The third kappa shape index (κ3) is 4.82. The minimum absolute atomic E-state index is 0.595. The Morgan fingerprint density at radius 2 is 2.05 bits per heavy atom. The summed E-state index contributed by atoms with van der Waals surface area (Å²) in [4.78, 5) is 0. The highest BCUT2D eigenvalue weighted by molar-refractivity contribution is 5.27. The maximum atomic E-state index is 5.71. The van der Waals surface area contributed by atoms with Crippen LogP contribution >= 0.6 is 0 Å². The second-order valence-corrected chi connectivity index (χ2v) is 6.43. The van der Waals surface area contributed by atoms with E-state index in [-0.39, 0.29) is 0 Å². The number of hydrogen-bond acceptors (Lipinski definition) is 3. The Morgan fingerprint density at radius 3 is 2.62 bits per heavy atom. The number of rotatable bonds is 10. The van der Waals surface area contributed by atoms with Gasteiger partial charge in [0, 0.05) is 30.5 Å². The minimum Gasteiger partial charge on any atom is -0.379 e. The lowest BCUT2D eigenvalue weighted by Gasteiger charge is -2.10. The molecule has 120 valence electrons. The van der Waals surface area contributed by atoms with Crippen molar-refractivity contribution in [1.82, 2.24) is 15.1 Å². The molecule has 4 nitrogen and oxygen atoms in total. The fraction of sp³-hybridized carbons (Fsp3) is 0.824. The number of aryl methyl sites for hydroxylation is 1. The molecule has 0 aromatic carbocycles. The first kappa shape index (κ1) is 16.5. The molecule has 0 unspecified atom stereocenters. The molecule has 1 heterocycles. The van der Waals surface area contributed by atoms with Gasteiger partial charge in [-0.25, -0.2) is 0 Å². The van der Waals surface area contributed by atoms with Gasteiger partial charge in [-0.15, -0.1) is 0 Å². The maximum Gasteiger partial charge on any atom is 0.0669 e. The predicted molar refractivity (Wildman–Crippen MR) is 86.5 cm³/mol. The zero-order valence-corrected chi connectivity index (χ0v) is 14.1. The number of hydrogen-bond donors (Lipinski definition) is 1. The first-order valence-corrected chi connectivity index (χ1v) is 8.54. The lowest BCUT2D eigenvalue weighted by Crippen LogP contribution is -2.17. The van der Waals surface area contributed by atoms with E-state index >= 15 is 0 Å². The van der Waals surface area contributed by atoms with Crippen LogP contribution < -0.4 is 5.32 Å². The van der Waals surface area contributed by atoms with Gasteiger partial charge in [-0.3, -0.25) is 4.68 Å². The van der Waals surface area contributed by atoms with E-state index in [1.54, 1.807) is 0 Å². The van der Waals surface area contributed by atoms with Gasteiger partial charge in [0.05, 0.1) is 18.8 Å². The van der Waals surface area contributed by atoms with E-state index in [4.69, 9.17) is 9.84 Å². The normalized spacial score (nSPS) is 15.1. The van der Waals surface area contributed by atoms with E-state index in [0.717, 1.165) is 45.2 Å². The van der Waals surface area contributed by atoms with Crippen LogP contribution in [-0.2, 0) is 30.7 Å². The standard InChI is InChI=1S/C17H31N3O/c1-5-16-15(11-18-14-7-8-14)17(6-2)20(19-16)9-10-21-12-13(3)4/h13-14,18H,5-12H2,1-4H3. The van der Waals surface area contributed by atoms with Crippen LogP contribution in [0.25, 0.3) is 0 Å². The molecule has 1 saturated carbocycles. The smallest absolute Gasteiger partial charge is 0.0669 e. The molecule has 1 aromatic heterocycles. The van der Waals surface area contributed by atoms with Crippen molar-refractivity contribution in [2.24, 2.45) is 5.92 Å². The van der Waals surface area contributed by atoms with Crippen LogP contribution in [0.3, 0.4) is 0 Å². The highest BCUT2D eigenvalue weighted by Crippen LogP contribution is 2.22. The van der Waals surface area contributed by atoms with E-state index < -0.39 is 0 Å². The Hall–Kier alpha value is -0.870. The lowest BCUT2D eigenvalue weighted by molar-refractivity contribution is 0.100. The lowest BCUT2D eigenvalue weighted by atomic mass is 10.1. The highest BCUT2D eigenvalue weighted by Gasteiger charge is 2.22. The molecule has 1 aliphatic carbocycles. The molecular formula is C17H31N3O. The third-order valence-electron chi connectivity index (χ3n) is 3.96. The molecule has 21 heavy (non-hydrogen) atoms. The molecule has 1 N–H and O–H groups in total. The molecule has 1 fully saturated rings. The van der Waals surface area contributed by atoms with Gasteiger partial charge in [0.15, 0.2) is 0 Å². The summed E-state index contributed by atoms with van der Waals surface area (Å²) >= 11 is 0. The van der Waals surface area contributed by atoms with Gasteiger partial charge in [-0.05, 0) is 31.6 Å². The molecule has 0 spiro atoms. The molecule has 0 saturated heterocycles. The molecule has 1 aliphatic rings. The van der Waals surface area contributed by atoms with Crippen molar-refractivity contribution in [1.29, 1.82) is 0 Å². The average Bonchev–Trinajstić information content (AvgIpc) is 3.22. The van der Waals surface area contributed by atoms with E-state index in [9.17, 15) is 0 Å². The molecule has 2 rings (SSSR count). The summed E-state index contributed by atoms with van der Waals surface area (Å²) in [7, 11) is 0. The second kappa shape index (κ2) is 7.95. The SMILES string of the molecule is CCc1nn(CCOCC(C)C)c(CC)c1CNC1CC1.